The van der Waals surface area contributed by atoms with Crippen LogP contribution < -0.4 is 5.32 Å². The van der Waals surface area contributed by atoms with E-state index >= 15 is 0 Å². The lowest BCUT2D eigenvalue weighted by Crippen LogP contribution is -2.40. The molecule has 1 aliphatic carbocycles. The predicted molar refractivity (Wildman–Crippen MR) is 72.4 cm³/mol. The molecule has 4 nitrogen and oxygen atoms in total. The molecule has 2 N–H and O–H groups in total. The van der Waals surface area contributed by atoms with Crippen molar-refractivity contribution in [2.75, 3.05) is 19.7 Å². The molecule has 0 aromatic carbocycles. The minimum Gasteiger partial charge on any atom is -0.396 e. The van der Waals surface area contributed by atoms with Gasteiger partial charge >= 0.3 is 0 Å². The summed E-state index contributed by atoms with van der Waals surface area (Å²) in [7, 11) is 0. The van der Waals surface area contributed by atoms with Gasteiger partial charge in [0.2, 0.25) is 0 Å². The number of aryl methyl sites for hydroxylation is 1. The van der Waals surface area contributed by atoms with Crippen molar-refractivity contribution in [1.82, 2.24) is 15.1 Å². The smallest absolute Gasteiger partial charge is 0.0534 e. The fraction of sp³-hybridized carbons (Fsp3) is 0.786. The average Bonchev–Trinajstić information content (AvgIpc) is 2.82. The molecule has 0 unspecified atom stereocenters. The molecular weight excluding hydrogens is 226 g/mol. The number of nitrogens with zero attached hydrogens (tertiary/aromatic N) is 2. The van der Waals surface area contributed by atoms with Crippen LogP contribution in [0.2, 0.25) is 0 Å². The van der Waals surface area contributed by atoms with Crippen LogP contribution in [0.1, 0.15) is 37.7 Å². The Labute approximate surface area is 109 Å². The quantitative estimate of drug-likeness (QED) is 0.757. The fourth-order valence-corrected chi connectivity index (χ4v) is 2.83. The van der Waals surface area contributed by atoms with Gasteiger partial charge in [-0.25, -0.2) is 0 Å². The molecule has 4 heteroatoms. The zero-order valence-corrected chi connectivity index (χ0v) is 11.4. The van der Waals surface area contributed by atoms with Crippen molar-refractivity contribution in [2.45, 2.75) is 45.6 Å². The molecule has 0 bridgehead atoms. The van der Waals surface area contributed by atoms with E-state index in [1.165, 1.54) is 24.8 Å². The second-order valence-electron chi connectivity index (χ2n) is 5.68. The molecule has 1 aromatic heterocycles. The van der Waals surface area contributed by atoms with E-state index in [1.54, 1.807) is 0 Å². The summed E-state index contributed by atoms with van der Waals surface area (Å²) in [6.07, 6.45) is 10.1. The average molecular weight is 251 g/mol. The molecule has 0 aliphatic heterocycles. The van der Waals surface area contributed by atoms with E-state index in [9.17, 15) is 5.11 Å². The minimum atomic E-state index is 0.137. The van der Waals surface area contributed by atoms with Crippen LogP contribution in [0.15, 0.2) is 12.4 Å². The standard InChI is InChI=1S/C14H25N3O/c1-13-9-16-17(10-13)8-7-15-11-14(12-18)5-3-2-4-6-14/h9-10,15,18H,2-8,11-12H2,1H3. The molecule has 102 valence electrons. The molecule has 1 saturated carbocycles. The van der Waals surface area contributed by atoms with E-state index in [0.717, 1.165) is 32.5 Å². The van der Waals surface area contributed by atoms with Gasteiger partial charge in [-0.05, 0) is 25.3 Å². The summed E-state index contributed by atoms with van der Waals surface area (Å²) in [4.78, 5) is 0. The van der Waals surface area contributed by atoms with Crippen LogP contribution in [0.3, 0.4) is 0 Å². The number of aliphatic hydroxyl groups is 1. The van der Waals surface area contributed by atoms with E-state index in [1.807, 2.05) is 10.9 Å². The van der Waals surface area contributed by atoms with Gasteiger partial charge in [0.1, 0.15) is 0 Å². The topological polar surface area (TPSA) is 50.1 Å². The van der Waals surface area contributed by atoms with Crippen LogP contribution in [0, 0.1) is 12.3 Å². The van der Waals surface area contributed by atoms with Crippen molar-refractivity contribution in [3.8, 4) is 0 Å². The van der Waals surface area contributed by atoms with E-state index in [4.69, 9.17) is 0 Å². The summed E-state index contributed by atoms with van der Waals surface area (Å²) in [5.41, 5.74) is 1.34. The summed E-state index contributed by atoms with van der Waals surface area (Å²) in [6, 6.07) is 0. The van der Waals surface area contributed by atoms with Gasteiger partial charge in [0.15, 0.2) is 0 Å². The summed E-state index contributed by atoms with van der Waals surface area (Å²) in [5, 5.41) is 17.4. The highest BCUT2D eigenvalue weighted by Crippen LogP contribution is 2.35. The molecular formula is C14H25N3O. The van der Waals surface area contributed by atoms with Crippen LogP contribution in [0.5, 0.6) is 0 Å². The van der Waals surface area contributed by atoms with Crippen molar-refractivity contribution >= 4 is 0 Å². The molecule has 2 rings (SSSR count). The second-order valence-corrected chi connectivity index (χ2v) is 5.68. The van der Waals surface area contributed by atoms with Crippen LogP contribution in [0.4, 0.5) is 0 Å². The van der Waals surface area contributed by atoms with Crippen LogP contribution in [0.25, 0.3) is 0 Å². The molecule has 18 heavy (non-hydrogen) atoms. The highest BCUT2D eigenvalue weighted by Gasteiger charge is 2.30. The molecule has 0 amide bonds. The maximum absolute atomic E-state index is 9.60. The van der Waals surface area contributed by atoms with Crippen molar-refractivity contribution in [1.29, 1.82) is 0 Å². The molecule has 0 spiro atoms. The number of hydrogen-bond acceptors (Lipinski definition) is 3. The van der Waals surface area contributed by atoms with Gasteiger partial charge in [0.25, 0.3) is 0 Å². The molecule has 1 aromatic rings. The Morgan fingerprint density at radius 2 is 2.17 bits per heavy atom. The maximum Gasteiger partial charge on any atom is 0.0534 e. The van der Waals surface area contributed by atoms with Crippen molar-refractivity contribution in [3.63, 3.8) is 0 Å². The highest BCUT2D eigenvalue weighted by atomic mass is 16.3. The molecule has 0 radical (unpaired) electrons. The van der Waals surface area contributed by atoms with Gasteiger partial charge in [0.05, 0.1) is 12.7 Å². The normalized spacial score (nSPS) is 19.0. The number of rotatable bonds is 6. The first kappa shape index (κ1) is 13.6. The summed E-state index contributed by atoms with van der Waals surface area (Å²) in [6.45, 7) is 5.13. The Morgan fingerprint density at radius 1 is 1.39 bits per heavy atom. The zero-order valence-electron chi connectivity index (χ0n) is 11.4. The zero-order chi connectivity index (χ0) is 12.8. The maximum atomic E-state index is 9.60. The van der Waals surface area contributed by atoms with E-state index in [0.29, 0.717) is 6.61 Å². The van der Waals surface area contributed by atoms with Gasteiger partial charge in [0, 0.05) is 31.3 Å². The summed E-state index contributed by atoms with van der Waals surface area (Å²) >= 11 is 0. The monoisotopic (exact) mass is 251 g/mol. The largest absolute Gasteiger partial charge is 0.396 e. The molecule has 0 saturated heterocycles. The van der Waals surface area contributed by atoms with Crippen molar-refractivity contribution < 1.29 is 5.11 Å². The third-order valence-corrected chi connectivity index (χ3v) is 4.03. The first-order chi connectivity index (χ1) is 8.74. The number of aromatic nitrogens is 2. The van der Waals surface area contributed by atoms with Gasteiger partial charge in [-0.15, -0.1) is 0 Å². The fourth-order valence-electron chi connectivity index (χ4n) is 2.83. The Kier molecular flexibility index (Phi) is 4.78. The Bertz CT molecular complexity index is 356. The van der Waals surface area contributed by atoms with Crippen LogP contribution >= 0.6 is 0 Å². The van der Waals surface area contributed by atoms with Gasteiger partial charge < -0.3 is 10.4 Å². The summed E-state index contributed by atoms with van der Waals surface area (Å²) < 4.78 is 1.97. The number of aliphatic hydroxyl groups excluding tert-OH is 1. The Balaban J connectivity index is 1.70. The van der Waals surface area contributed by atoms with Crippen molar-refractivity contribution in [3.05, 3.63) is 18.0 Å². The molecule has 1 heterocycles. The lowest BCUT2D eigenvalue weighted by Gasteiger charge is -2.35. The Morgan fingerprint density at radius 3 is 2.78 bits per heavy atom. The number of nitrogens with one attached hydrogen (secondary N) is 1. The van der Waals surface area contributed by atoms with Crippen molar-refractivity contribution in [2.24, 2.45) is 5.41 Å². The first-order valence-corrected chi connectivity index (χ1v) is 7.05. The number of hydrogen-bond donors (Lipinski definition) is 2. The SMILES string of the molecule is Cc1cnn(CCNCC2(CO)CCCCC2)c1. The summed E-state index contributed by atoms with van der Waals surface area (Å²) in [5.74, 6) is 0. The van der Waals surface area contributed by atoms with Crippen LogP contribution in [-0.2, 0) is 6.54 Å². The molecule has 0 atom stereocenters. The second kappa shape index (κ2) is 6.34. The van der Waals surface area contributed by atoms with E-state index in [2.05, 4.69) is 23.5 Å². The predicted octanol–water partition coefficient (Wildman–Crippen LogP) is 1.72. The molecule has 1 fully saturated rings. The van der Waals surface area contributed by atoms with Gasteiger partial charge in [-0.3, -0.25) is 4.68 Å². The third-order valence-electron chi connectivity index (χ3n) is 4.03. The van der Waals surface area contributed by atoms with Gasteiger partial charge in [-0.1, -0.05) is 19.3 Å². The highest BCUT2D eigenvalue weighted by molar-refractivity contribution is 4.99. The van der Waals surface area contributed by atoms with E-state index in [-0.39, 0.29) is 5.41 Å². The molecule has 1 aliphatic rings. The third kappa shape index (κ3) is 3.56. The minimum absolute atomic E-state index is 0.137. The van der Waals surface area contributed by atoms with Gasteiger partial charge in [-0.2, -0.15) is 5.10 Å². The lowest BCUT2D eigenvalue weighted by molar-refractivity contribution is 0.0812. The first-order valence-electron chi connectivity index (χ1n) is 7.05. The van der Waals surface area contributed by atoms with E-state index < -0.39 is 0 Å². The Hall–Kier alpha value is -0.870. The van der Waals surface area contributed by atoms with Crippen LogP contribution in [-0.4, -0.2) is 34.6 Å². The lowest BCUT2D eigenvalue weighted by atomic mass is 9.74.